The quantitative estimate of drug-likeness (QED) is 0.358. The van der Waals surface area contributed by atoms with Crippen molar-refractivity contribution >= 4 is 5.97 Å². The SMILES string of the molecule is C=C(CCC1CO1)C(=O)OCCC. The number of esters is 1. The van der Waals surface area contributed by atoms with Crippen LogP contribution in [-0.2, 0) is 14.3 Å². The zero-order valence-corrected chi connectivity index (χ0v) is 8.04. The van der Waals surface area contributed by atoms with Crippen molar-refractivity contribution < 1.29 is 14.3 Å². The molecule has 1 aliphatic rings. The van der Waals surface area contributed by atoms with Crippen molar-refractivity contribution in [3.05, 3.63) is 12.2 Å². The maximum atomic E-state index is 11.2. The first kappa shape index (κ1) is 10.3. The molecule has 1 fully saturated rings. The lowest BCUT2D eigenvalue weighted by Crippen LogP contribution is -2.08. The molecule has 0 bridgehead atoms. The molecule has 0 amide bonds. The van der Waals surface area contributed by atoms with Crippen LogP contribution >= 0.6 is 0 Å². The first-order chi connectivity index (χ1) is 6.24. The molecule has 0 spiro atoms. The minimum atomic E-state index is -0.262. The van der Waals surface area contributed by atoms with Crippen molar-refractivity contribution in [3.8, 4) is 0 Å². The number of rotatable bonds is 6. The predicted molar refractivity (Wildman–Crippen MR) is 49.4 cm³/mol. The van der Waals surface area contributed by atoms with Gasteiger partial charge in [-0.1, -0.05) is 13.5 Å². The maximum Gasteiger partial charge on any atom is 0.333 e. The second kappa shape index (κ2) is 5.02. The van der Waals surface area contributed by atoms with Crippen molar-refractivity contribution in [1.29, 1.82) is 0 Å². The fourth-order valence-electron chi connectivity index (χ4n) is 0.969. The van der Waals surface area contributed by atoms with E-state index in [1.807, 2.05) is 6.92 Å². The first-order valence-corrected chi connectivity index (χ1v) is 4.70. The summed E-state index contributed by atoms with van der Waals surface area (Å²) in [6, 6.07) is 0. The molecule has 3 nitrogen and oxygen atoms in total. The van der Waals surface area contributed by atoms with Crippen LogP contribution < -0.4 is 0 Å². The van der Waals surface area contributed by atoms with Gasteiger partial charge in [-0.15, -0.1) is 0 Å². The van der Waals surface area contributed by atoms with E-state index in [9.17, 15) is 4.79 Å². The van der Waals surface area contributed by atoms with E-state index in [4.69, 9.17) is 9.47 Å². The van der Waals surface area contributed by atoms with Crippen molar-refractivity contribution in [2.45, 2.75) is 32.3 Å². The van der Waals surface area contributed by atoms with Gasteiger partial charge in [-0.3, -0.25) is 0 Å². The molecular formula is C10H16O3. The Morgan fingerprint density at radius 2 is 2.38 bits per heavy atom. The molecule has 0 aromatic rings. The Kier molecular flexibility index (Phi) is 3.96. The third-order valence-corrected chi connectivity index (χ3v) is 1.90. The number of ether oxygens (including phenoxy) is 2. The van der Waals surface area contributed by atoms with Crippen molar-refractivity contribution in [3.63, 3.8) is 0 Å². The van der Waals surface area contributed by atoms with Crippen LogP contribution in [-0.4, -0.2) is 25.3 Å². The van der Waals surface area contributed by atoms with E-state index in [1.165, 1.54) is 0 Å². The van der Waals surface area contributed by atoms with Crippen LogP contribution in [0.3, 0.4) is 0 Å². The molecule has 1 atom stereocenters. The summed E-state index contributed by atoms with van der Waals surface area (Å²) in [5.74, 6) is -0.262. The van der Waals surface area contributed by atoms with Crippen LogP contribution in [0.4, 0.5) is 0 Å². The van der Waals surface area contributed by atoms with Gasteiger partial charge in [-0.25, -0.2) is 4.79 Å². The summed E-state index contributed by atoms with van der Waals surface area (Å²) in [6.45, 7) is 6.96. The topological polar surface area (TPSA) is 38.8 Å². The Balaban J connectivity index is 2.09. The van der Waals surface area contributed by atoms with E-state index in [-0.39, 0.29) is 5.97 Å². The largest absolute Gasteiger partial charge is 0.462 e. The van der Waals surface area contributed by atoms with Crippen LogP contribution in [0.5, 0.6) is 0 Å². The molecule has 1 saturated heterocycles. The third kappa shape index (κ3) is 4.08. The van der Waals surface area contributed by atoms with Crippen LogP contribution in [0.2, 0.25) is 0 Å². The summed E-state index contributed by atoms with van der Waals surface area (Å²) in [5.41, 5.74) is 0.559. The highest BCUT2D eigenvalue weighted by atomic mass is 16.6. The number of carbonyl (C=O) groups is 1. The maximum absolute atomic E-state index is 11.2. The average molecular weight is 184 g/mol. The molecule has 1 heterocycles. The minimum Gasteiger partial charge on any atom is -0.462 e. The summed E-state index contributed by atoms with van der Waals surface area (Å²) in [6.07, 6.45) is 2.79. The van der Waals surface area contributed by atoms with Gasteiger partial charge in [-0.2, -0.15) is 0 Å². The standard InChI is InChI=1S/C10H16O3/c1-3-6-12-10(11)8(2)4-5-9-7-13-9/h9H,2-7H2,1H3. The monoisotopic (exact) mass is 184 g/mol. The molecule has 0 radical (unpaired) electrons. The molecule has 1 unspecified atom stereocenters. The molecule has 13 heavy (non-hydrogen) atoms. The highest BCUT2D eigenvalue weighted by Crippen LogP contribution is 2.18. The summed E-state index contributed by atoms with van der Waals surface area (Å²) in [5, 5.41) is 0. The highest BCUT2D eigenvalue weighted by Gasteiger charge is 2.23. The molecule has 1 aliphatic heterocycles. The van der Waals surface area contributed by atoms with E-state index in [2.05, 4.69) is 6.58 Å². The molecule has 3 heteroatoms. The number of hydrogen-bond acceptors (Lipinski definition) is 3. The molecule has 0 N–H and O–H groups in total. The summed E-state index contributed by atoms with van der Waals surface area (Å²) < 4.78 is 9.95. The van der Waals surface area contributed by atoms with Crippen LogP contribution in [0.1, 0.15) is 26.2 Å². The molecule has 0 aliphatic carbocycles. The summed E-state index contributed by atoms with van der Waals surface area (Å²) in [7, 11) is 0. The van der Waals surface area contributed by atoms with E-state index in [1.54, 1.807) is 0 Å². The molecule has 0 saturated carbocycles. The molecule has 74 valence electrons. The van der Waals surface area contributed by atoms with Gasteiger partial charge in [0.1, 0.15) is 0 Å². The van der Waals surface area contributed by atoms with Gasteiger partial charge >= 0.3 is 5.97 Å². The Morgan fingerprint density at radius 1 is 1.69 bits per heavy atom. The van der Waals surface area contributed by atoms with Crippen LogP contribution in [0.25, 0.3) is 0 Å². The zero-order valence-electron chi connectivity index (χ0n) is 8.04. The van der Waals surface area contributed by atoms with E-state index in [0.717, 1.165) is 19.4 Å². The van der Waals surface area contributed by atoms with E-state index >= 15 is 0 Å². The van der Waals surface area contributed by atoms with Gasteiger partial charge in [0.05, 0.1) is 19.3 Å². The highest BCUT2D eigenvalue weighted by molar-refractivity contribution is 5.87. The Labute approximate surface area is 78.7 Å². The van der Waals surface area contributed by atoms with Gasteiger partial charge in [0.2, 0.25) is 0 Å². The fourth-order valence-corrected chi connectivity index (χ4v) is 0.969. The molecule has 1 rings (SSSR count). The number of epoxide rings is 1. The molecule has 0 aromatic heterocycles. The van der Waals surface area contributed by atoms with Gasteiger partial charge in [0, 0.05) is 5.57 Å². The first-order valence-electron chi connectivity index (χ1n) is 4.70. The minimum absolute atomic E-state index is 0.262. The second-order valence-electron chi connectivity index (χ2n) is 3.23. The van der Waals surface area contributed by atoms with Gasteiger partial charge in [0.15, 0.2) is 0 Å². The van der Waals surface area contributed by atoms with Crippen molar-refractivity contribution in [1.82, 2.24) is 0 Å². The van der Waals surface area contributed by atoms with Crippen LogP contribution in [0, 0.1) is 0 Å². The smallest absolute Gasteiger partial charge is 0.333 e. The van der Waals surface area contributed by atoms with Crippen LogP contribution in [0.15, 0.2) is 12.2 Å². The fraction of sp³-hybridized carbons (Fsp3) is 0.700. The Hall–Kier alpha value is -0.830. The lowest BCUT2D eigenvalue weighted by atomic mass is 10.1. The van der Waals surface area contributed by atoms with Crippen molar-refractivity contribution in [2.75, 3.05) is 13.2 Å². The van der Waals surface area contributed by atoms with E-state index in [0.29, 0.717) is 24.7 Å². The second-order valence-corrected chi connectivity index (χ2v) is 3.23. The van der Waals surface area contributed by atoms with Crippen molar-refractivity contribution in [2.24, 2.45) is 0 Å². The zero-order chi connectivity index (χ0) is 9.68. The van der Waals surface area contributed by atoms with Gasteiger partial charge in [0.25, 0.3) is 0 Å². The summed E-state index contributed by atoms with van der Waals surface area (Å²) in [4.78, 5) is 11.2. The average Bonchev–Trinajstić information content (AvgIpc) is 2.93. The Morgan fingerprint density at radius 3 is 2.92 bits per heavy atom. The van der Waals surface area contributed by atoms with E-state index < -0.39 is 0 Å². The van der Waals surface area contributed by atoms with Gasteiger partial charge in [-0.05, 0) is 19.3 Å². The van der Waals surface area contributed by atoms with Gasteiger partial charge < -0.3 is 9.47 Å². The lowest BCUT2D eigenvalue weighted by molar-refractivity contribution is -0.139. The third-order valence-electron chi connectivity index (χ3n) is 1.90. The Bertz CT molecular complexity index is 194. The molecular weight excluding hydrogens is 168 g/mol. The molecule has 0 aromatic carbocycles. The normalized spacial score (nSPS) is 19.6. The number of carbonyl (C=O) groups excluding carboxylic acids is 1. The predicted octanol–water partition coefficient (Wildman–Crippen LogP) is 1.67. The summed E-state index contributed by atoms with van der Waals surface area (Å²) >= 11 is 0. The lowest BCUT2D eigenvalue weighted by Gasteiger charge is -2.04. The number of hydrogen-bond donors (Lipinski definition) is 0.